The van der Waals surface area contributed by atoms with E-state index in [0.717, 1.165) is 26.8 Å². The average Bonchev–Trinajstić information content (AvgIpc) is 2.50. The zero-order chi connectivity index (χ0) is 15.4. The maximum Gasteiger partial charge on any atom is 0.135 e. The molecule has 0 bridgehead atoms. The van der Waals surface area contributed by atoms with Gasteiger partial charge in [-0.1, -0.05) is 31.2 Å². The molecule has 0 saturated heterocycles. The maximum absolute atomic E-state index is 5.35. The number of aryl methyl sites for hydroxylation is 1. The van der Waals surface area contributed by atoms with Crippen LogP contribution in [0.5, 0.6) is 5.75 Å². The standard InChI is InChI=1S/C17H19Br2NO/c1-4-12-5-7-13(8-6-12)11(2)20-16-10-17(21-3)15(19)9-14(16)18/h5-11,20H,4H2,1-3H3. The lowest BCUT2D eigenvalue weighted by atomic mass is 10.0. The number of halogens is 2. The van der Waals surface area contributed by atoms with Crippen LogP contribution in [0, 0.1) is 0 Å². The summed E-state index contributed by atoms with van der Waals surface area (Å²) in [5.41, 5.74) is 3.64. The van der Waals surface area contributed by atoms with Crippen LogP contribution in [0.4, 0.5) is 5.69 Å². The number of hydrogen-bond acceptors (Lipinski definition) is 2. The Morgan fingerprint density at radius 1 is 1.10 bits per heavy atom. The van der Waals surface area contributed by atoms with Crippen molar-refractivity contribution in [2.45, 2.75) is 26.3 Å². The maximum atomic E-state index is 5.35. The van der Waals surface area contributed by atoms with Crippen LogP contribution in [0.1, 0.15) is 31.0 Å². The van der Waals surface area contributed by atoms with Crippen LogP contribution in [0.3, 0.4) is 0 Å². The quantitative estimate of drug-likeness (QED) is 0.654. The van der Waals surface area contributed by atoms with Crippen LogP contribution in [0.15, 0.2) is 45.3 Å². The summed E-state index contributed by atoms with van der Waals surface area (Å²) in [5.74, 6) is 0.814. The molecule has 4 heteroatoms. The second kappa shape index (κ2) is 7.32. The summed E-state index contributed by atoms with van der Waals surface area (Å²) in [6.45, 7) is 4.32. The third kappa shape index (κ3) is 4.01. The molecule has 0 aliphatic rings. The van der Waals surface area contributed by atoms with Gasteiger partial charge in [0.1, 0.15) is 5.75 Å². The number of methoxy groups -OCH3 is 1. The van der Waals surface area contributed by atoms with Crippen molar-refractivity contribution in [2.24, 2.45) is 0 Å². The molecule has 0 aliphatic carbocycles. The van der Waals surface area contributed by atoms with Crippen molar-refractivity contribution in [1.82, 2.24) is 0 Å². The normalized spacial score (nSPS) is 12.0. The van der Waals surface area contributed by atoms with Gasteiger partial charge in [0.05, 0.1) is 17.3 Å². The second-order valence-electron chi connectivity index (χ2n) is 4.93. The van der Waals surface area contributed by atoms with E-state index in [4.69, 9.17) is 4.74 Å². The fourth-order valence-electron chi connectivity index (χ4n) is 2.15. The van der Waals surface area contributed by atoms with Crippen LogP contribution >= 0.6 is 31.9 Å². The first-order valence-electron chi connectivity index (χ1n) is 6.93. The molecule has 1 N–H and O–H groups in total. The molecular formula is C17H19Br2NO. The van der Waals surface area contributed by atoms with Crippen LogP contribution in [0.2, 0.25) is 0 Å². The number of hydrogen-bond donors (Lipinski definition) is 1. The Balaban J connectivity index is 2.20. The molecule has 0 aliphatic heterocycles. The monoisotopic (exact) mass is 411 g/mol. The Labute approximate surface area is 143 Å². The number of ether oxygens (including phenoxy) is 1. The summed E-state index contributed by atoms with van der Waals surface area (Å²) in [5, 5.41) is 3.52. The van der Waals surface area contributed by atoms with Gasteiger partial charge in [0.2, 0.25) is 0 Å². The zero-order valence-corrected chi connectivity index (χ0v) is 15.6. The Kier molecular flexibility index (Phi) is 5.71. The van der Waals surface area contributed by atoms with Crippen LogP contribution in [-0.2, 0) is 6.42 Å². The SMILES string of the molecule is CCc1ccc(C(C)Nc2cc(OC)c(Br)cc2Br)cc1. The lowest BCUT2D eigenvalue weighted by Crippen LogP contribution is -2.07. The molecule has 21 heavy (non-hydrogen) atoms. The molecule has 1 atom stereocenters. The minimum absolute atomic E-state index is 0.220. The molecule has 0 aromatic heterocycles. The van der Waals surface area contributed by atoms with Crippen LogP contribution in [0.25, 0.3) is 0 Å². The van der Waals surface area contributed by atoms with E-state index in [1.807, 2.05) is 12.1 Å². The minimum atomic E-state index is 0.220. The summed E-state index contributed by atoms with van der Waals surface area (Å²) in [6, 6.07) is 12.9. The van der Waals surface area contributed by atoms with Crippen molar-refractivity contribution in [2.75, 3.05) is 12.4 Å². The van der Waals surface area contributed by atoms with Gasteiger partial charge in [-0.25, -0.2) is 0 Å². The predicted octanol–water partition coefficient (Wildman–Crippen LogP) is 5.96. The summed E-state index contributed by atoms with van der Waals surface area (Å²) < 4.78 is 7.29. The van der Waals surface area contributed by atoms with Gasteiger partial charge in [0, 0.05) is 16.6 Å². The molecule has 112 valence electrons. The largest absolute Gasteiger partial charge is 0.495 e. The molecule has 0 heterocycles. The molecule has 2 rings (SSSR count). The predicted molar refractivity (Wildman–Crippen MR) is 96.3 cm³/mol. The minimum Gasteiger partial charge on any atom is -0.495 e. The fraction of sp³-hybridized carbons (Fsp3) is 0.294. The topological polar surface area (TPSA) is 21.3 Å². The summed E-state index contributed by atoms with van der Waals surface area (Å²) in [4.78, 5) is 0. The molecule has 2 aromatic carbocycles. The lowest BCUT2D eigenvalue weighted by Gasteiger charge is -2.18. The molecule has 2 nitrogen and oxygen atoms in total. The van der Waals surface area contributed by atoms with Gasteiger partial charge < -0.3 is 10.1 Å². The van der Waals surface area contributed by atoms with Crippen molar-refractivity contribution in [1.29, 1.82) is 0 Å². The summed E-state index contributed by atoms with van der Waals surface area (Å²) in [7, 11) is 1.67. The lowest BCUT2D eigenvalue weighted by molar-refractivity contribution is 0.412. The summed E-state index contributed by atoms with van der Waals surface area (Å²) in [6.07, 6.45) is 1.07. The average molecular weight is 413 g/mol. The van der Waals surface area contributed by atoms with E-state index in [9.17, 15) is 0 Å². The second-order valence-corrected chi connectivity index (χ2v) is 6.64. The van der Waals surface area contributed by atoms with Crippen molar-refractivity contribution in [3.8, 4) is 5.75 Å². The first kappa shape index (κ1) is 16.4. The molecule has 0 amide bonds. The van der Waals surface area contributed by atoms with Crippen LogP contribution in [-0.4, -0.2) is 7.11 Å². The van der Waals surface area contributed by atoms with Gasteiger partial charge in [-0.05, 0) is 62.4 Å². The third-order valence-corrected chi connectivity index (χ3v) is 4.78. The van der Waals surface area contributed by atoms with E-state index in [1.165, 1.54) is 11.1 Å². The number of benzene rings is 2. The van der Waals surface area contributed by atoms with Crippen molar-refractivity contribution in [3.05, 3.63) is 56.5 Å². The molecule has 0 radical (unpaired) electrons. The Bertz CT molecular complexity index is 611. The van der Waals surface area contributed by atoms with E-state index < -0.39 is 0 Å². The van der Waals surface area contributed by atoms with Gasteiger partial charge in [-0.15, -0.1) is 0 Å². The van der Waals surface area contributed by atoms with Gasteiger partial charge in [0.25, 0.3) is 0 Å². The van der Waals surface area contributed by atoms with Crippen LogP contribution < -0.4 is 10.1 Å². The van der Waals surface area contributed by atoms with Gasteiger partial charge in [-0.2, -0.15) is 0 Å². The fourth-order valence-corrected chi connectivity index (χ4v) is 3.43. The van der Waals surface area contributed by atoms with E-state index in [0.29, 0.717) is 0 Å². The smallest absolute Gasteiger partial charge is 0.135 e. The highest BCUT2D eigenvalue weighted by atomic mass is 79.9. The van der Waals surface area contributed by atoms with Gasteiger partial charge in [-0.3, -0.25) is 0 Å². The van der Waals surface area contributed by atoms with Crippen molar-refractivity contribution < 1.29 is 4.74 Å². The first-order chi connectivity index (χ1) is 10.0. The van der Waals surface area contributed by atoms with E-state index in [1.54, 1.807) is 7.11 Å². The van der Waals surface area contributed by atoms with Crippen molar-refractivity contribution >= 4 is 37.5 Å². The van der Waals surface area contributed by atoms with Gasteiger partial charge in [0.15, 0.2) is 0 Å². The zero-order valence-electron chi connectivity index (χ0n) is 12.4. The van der Waals surface area contributed by atoms with Gasteiger partial charge >= 0.3 is 0 Å². The first-order valence-corrected chi connectivity index (χ1v) is 8.52. The van der Waals surface area contributed by atoms with E-state index >= 15 is 0 Å². The van der Waals surface area contributed by atoms with Crippen molar-refractivity contribution in [3.63, 3.8) is 0 Å². The highest BCUT2D eigenvalue weighted by Crippen LogP contribution is 2.36. The number of rotatable bonds is 5. The molecular weight excluding hydrogens is 394 g/mol. The Morgan fingerprint density at radius 3 is 2.33 bits per heavy atom. The Morgan fingerprint density at radius 2 is 1.76 bits per heavy atom. The highest BCUT2D eigenvalue weighted by Gasteiger charge is 2.11. The number of anilines is 1. The Hall–Kier alpha value is -1.000. The summed E-state index contributed by atoms with van der Waals surface area (Å²) >= 11 is 7.07. The molecule has 0 saturated carbocycles. The third-order valence-electron chi connectivity index (χ3n) is 3.50. The number of nitrogens with one attached hydrogen (secondary N) is 1. The molecule has 0 fully saturated rings. The molecule has 1 unspecified atom stereocenters. The molecule has 2 aromatic rings. The van der Waals surface area contributed by atoms with E-state index in [-0.39, 0.29) is 6.04 Å². The molecule has 0 spiro atoms. The highest BCUT2D eigenvalue weighted by molar-refractivity contribution is 9.11. The van der Waals surface area contributed by atoms with E-state index in [2.05, 4.69) is 75.3 Å².